The maximum Gasteiger partial charge on any atom is 0.329 e. The van der Waals surface area contributed by atoms with Crippen LogP contribution in [0.3, 0.4) is 0 Å². The van der Waals surface area contributed by atoms with Crippen LogP contribution in [0.1, 0.15) is 151 Å². The summed E-state index contributed by atoms with van der Waals surface area (Å²) in [6.45, 7) is 14.5. The van der Waals surface area contributed by atoms with E-state index in [9.17, 15) is 39.3 Å². The zero-order valence-corrected chi connectivity index (χ0v) is 47.1. The fourth-order valence-corrected chi connectivity index (χ4v) is 11.3. The van der Waals surface area contributed by atoms with Crippen LogP contribution in [-0.4, -0.2) is 158 Å². The Morgan fingerprint density at radius 3 is 2.25 bits per heavy atom. The summed E-state index contributed by atoms with van der Waals surface area (Å²) < 4.78 is 42.0. The first-order chi connectivity index (χ1) is 35.8. The SMILES string of the molecule is COCCCO[C@@H]1CC[C@@H](C[C@@H](C)[C@@H]2CC(=O)[C@H](C)/C=C(\C)[C@@H](O)[C@@H](OC)C(=O)[C@H](C)C[C@H](C)/C=C/C=C/C=C(\C)C(OCCCCCO)C[C@@H]3CC[C@@H](C)[C@@](O)(O3)C(=O)C(=O)N3CCCC[C@H]3C(=O)O2)C[C@H]1OC. The molecule has 1 saturated carbocycles. The van der Waals surface area contributed by atoms with Gasteiger partial charge in [-0.1, -0.05) is 71.1 Å². The second-order valence-electron chi connectivity index (χ2n) is 22.2. The Morgan fingerprint density at radius 2 is 1.55 bits per heavy atom. The van der Waals surface area contributed by atoms with E-state index in [1.807, 2.05) is 58.1 Å². The van der Waals surface area contributed by atoms with Crippen LogP contribution in [0.4, 0.5) is 0 Å². The molecule has 0 aromatic heterocycles. The van der Waals surface area contributed by atoms with E-state index in [-0.39, 0.29) is 67.5 Å². The van der Waals surface area contributed by atoms with E-state index in [1.165, 1.54) is 12.0 Å². The second kappa shape index (κ2) is 32.5. The number of Topliss-reactive ketones (excluding diaryl/α,β-unsaturated/α-hetero) is 3. The predicted octanol–water partition coefficient (Wildman–Crippen LogP) is 7.77. The van der Waals surface area contributed by atoms with Gasteiger partial charge in [0.05, 0.1) is 24.4 Å². The molecule has 15 atom stereocenters. The van der Waals surface area contributed by atoms with Crippen molar-refractivity contribution in [1.82, 2.24) is 4.90 Å². The maximum absolute atomic E-state index is 14.6. The number of methoxy groups -OCH3 is 3. The third kappa shape index (κ3) is 19.2. The number of unbranched alkanes of at least 4 members (excludes halogenated alkanes) is 2. The fraction of sp³-hybridized carbons (Fsp3) is 0.780. The summed E-state index contributed by atoms with van der Waals surface area (Å²) in [4.78, 5) is 73.0. The van der Waals surface area contributed by atoms with E-state index in [0.717, 1.165) is 37.7 Å². The van der Waals surface area contributed by atoms with E-state index < -0.39 is 77.8 Å². The monoisotopic (exact) mass is 1060 g/mol. The lowest BCUT2D eigenvalue weighted by molar-refractivity contribution is -0.266. The van der Waals surface area contributed by atoms with Crippen LogP contribution in [0, 0.1) is 35.5 Å². The first-order valence-electron chi connectivity index (χ1n) is 28.1. The number of carbonyl (C=O) groups excluding carboxylic acids is 5. The normalized spacial score (nSPS) is 36.6. The Balaban J connectivity index is 1.70. The number of aliphatic hydroxyl groups excluding tert-OH is 2. The lowest BCUT2D eigenvalue weighted by Crippen LogP contribution is -2.61. The Kier molecular flexibility index (Phi) is 27.7. The standard InChI is InChI=1S/C59H95NO15/c1-38-20-13-11-14-21-39(2)50(73-30-18-12-17-28-61)36-46-25-23-44(7)59(68,75-46)56(65)57(66)60-27-16-15-22-47(60)58(67)74-51(41(4)34-45-24-26-49(52(35-45)70-9)72-31-19-29-69-8)37-48(62)40(3)33-43(6)54(64)55(71-10)53(63)42(5)32-38/h11,13-14,20-21,33,38,40-42,44-47,49-52,54-55,61,64,68H,12,15-19,22-32,34-37H2,1-10H3/b14-11+,20-13+,39-21+,43-33+/t38-,40-,41-,42-,44-,45+,46+,47+,49-,50?,51+,52-,54-,55+,59-/m1/s1. The van der Waals surface area contributed by atoms with E-state index in [2.05, 4.69) is 0 Å². The van der Waals surface area contributed by atoms with Gasteiger partial charge in [-0.15, -0.1) is 0 Å². The fourth-order valence-electron chi connectivity index (χ4n) is 11.3. The number of rotatable bonds is 16. The van der Waals surface area contributed by atoms with Crippen molar-refractivity contribution >= 4 is 29.2 Å². The van der Waals surface area contributed by atoms with Gasteiger partial charge in [0.2, 0.25) is 5.79 Å². The molecule has 1 aliphatic carbocycles. The number of fused-ring (bicyclic) bond motifs is 3. The molecule has 0 aromatic rings. The molecule has 3 fully saturated rings. The number of ketones is 3. The molecule has 4 rings (SSSR count). The van der Waals surface area contributed by atoms with Crippen molar-refractivity contribution in [2.75, 3.05) is 54.3 Å². The third-order valence-electron chi connectivity index (χ3n) is 16.1. The van der Waals surface area contributed by atoms with Crippen molar-refractivity contribution in [3.8, 4) is 0 Å². The average molecular weight is 1060 g/mol. The quantitative estimate of drug-likeness (QED) is 0.0583. The predicted molar refractivity (Wildman–Crippen MR) is 285 cm³/mol. The molecule has 0 aromatic carbocycles. The Bertz CT molecular complexity index is 1930. The summed E-state index contributed by atoms with van der Waals surface area (Å²) >= 11 is 0. The Hall–Kier alpha value is -3.45. The van der Waals surface area contributed by atoms with Crippen LogP contribution in [0.5, 0.6) is 0 Å². The van der Waals surface area contributed by atoms with Crippen LogP contribution >= 0.6 is 0 Å². The molecule has 75 heavy (non-hydrogen) atoms. The van der Waals surface area contributed by atoms with E-state index >= 15 is 0 Å². The molecule has 3 N–H and O–H groups in total. The molecule has 16 heteroatoms. The van der Waals surface area contributed by atoms with Gasteiger partial charge in [-0.25, -0.2) is 4.79 Å². The van der Waals surface area contributed by atoms with Crippen LogP contribution in [0.25, 0.3) is 0 Å². The third-order valence-corrected chi connectivity index (χ3v) is 16.1. The van der Waals surface area contributed by atoms with Crippen molar-refractivity contribution in [3.05, 3.63) is 47.6 Å². The number of hydrogen-bond donors (Lipinski definition) is 3. The van der Waals surface area contributed by atoms with Gasteiger partial charge in [-0.2, -0.15) is 0 Å². The van der Waals surface area contributed by atoms with Gasteiger partial charge in [0, 0.05) is 84.9 Å². The van der Waals surface area contributed by atoms with Gasteiger partial charge in [-0.3, -0.25) is 19.2 Å². The summed E-state index contributed by atoms with van der Waals surface area (Å²) in [6.07, 6.45) is 15.2. The Morgan fingerprint density at radius 1 is 0.800 bits per heavy atom. The van der Waals surface area contributed by atoms with E-state index in [0.29, 0.717) is 83.2 Å². The minimum atomic E-state index is -2.46. The highest BCUT2D eigenvalue weighted by molar-refractivity contribution is 6.39. The van der Waals surface area contributed by atoms with Crippen molar-refractivity contribution in [1.29, 1.82) is 0 Å². The van der Waals surface area contributed by atoms with Gasteiger partial charge >= 0.3 is 5.97 Å². The number of cyclic esters (lactones) is 1. The minimum Gasteiger partial charge on any atom is -0.460 e. The maximum atomic E-state index is 14.6. The van der Waals surface area contributed by atoms with Gasteiger partial charge in [0.25, 0.3) is 11.7 Å². The second-order valence-corrected chi connectivity index (χ2v) is 22.2. The van der Waals surface area contributed by atoms with Crippen molar-refractivity contribution in [2.45, 2.75) is 206 Å². The zero-order valence-electron chi connectivity index (χ0n) is 47.1. The molecule has 3 aliphatic heterocycles. The van der Waals surface area contributed by atoms with E-state index in [4.69, 9.17) is 33.2 Å². The number of allylic oxidation sites excluding steroid dienone is 6. The molecule has 1 unspecified atom stereocenters. The molecular formula is C59H95NO15. The summed E-state index contributed by atoms with van der Waals surface area (Å²) in [6, 6.07) is -1.15. The number of ether oxygens (including phenoxy) is 7. The molecular weight excluding hydrogens is 963 g/mol. The van der Waals surface area contributed by atoms with Crippen molar-refractivity contribution < 1.29 is 72.5 Å². The number of nitrogens with zero attached hydrogens (tertiary/aromatic N) is 1. The number of hydrogen-bond acceptors (Lipinski definition) is 15. The molecule has 16 nitrogen and oxygen atoms in total. The van der Waals surface area contributed by atoms with Crippen LogP contribution in [-0.2, 0) is 57.1 Å². The summed E-state index contributed by atoms with van der Waals surface area (Å²) in [5, 5.41) is 33.1. The van der Waals surface area contributed by atoms with Crippen molar-refractivity contribution in [2.24, 2.45) is 35.5 Å². The van der Waals surface area contributed by atoms with E-state index in [1.54, 1.807) is 41.1 Å². The van der Waals surface area contributed by atoms with Gasteiger partial charge in [-0.05, 0) is 133 Å². The van der Waals surface area contributed by atoms with Crippen LogP contribution in [0.15, 0.2) is 47.6 Å². The minimum absolute atomic E-state index is 0.000268. The van der Waals surface area contributed by atoms with Gasteiger partial charge < -0.3 is 53.4 Å². The largest absolute Gasteiger partial charge is 0.460 e. The molecule has 4 aliphatic rings. The number of amides is 1. The molecule has 2 bridgehead atoms. The number of carbonyl (C=O) groups is 5. The highest BCUT2D eigenvalue weighted by Gasteiger charge is 2.53. The van der Waals surface area contributed by atoms with Crippen LogP contribution < -0.4 is 0 Å². The summed E-state index contributed by atoms with van der Waals surface area (Å²) in [5.74, 6) is -7.98. The molecule has 426 valence electrons. The summed E-state index contributed by atoms with van der Waals surface area (Å²) in [7, 11) is 4.72. The molecule has 0 spiro atoms. The number of aliphatic hydroxyl groups is 3. The molecule has 3 heterocycles. The first kappa shape index (κ1) is 64.1. The molecule has 0 radical (unpaired) electrons. The highest BCUT2D eigenvalue weighted by Crippen LogP contribution is 2.38. The van der Waals surface area contributed by atoms with Crippen LogP contribution in [0.2, 0.25) is 0 Å². The molecule has 1 amide bonds. The smallest absolute Gasteiger partial charge is 0.329 e. The number of esters is 1. The Labute approximate surface area is 448 Å². The van der Waals surface area contributed by atoms with Gasteiger partial charge in [0.1, 0.15) is 30.1 Å². The lowest BCUT2D eigenvalue weighted by Gasteiger charge is -2.43. The lowest BCUT2D eigenvalue weighted by atomic mass is 9.78. The average Bonchev–Trinajstić information content (AvgIpc) is 3.39. The highest BCUT2D eigenvalue weighted by atomic mass is 16.6. The molecule has 2 saturated heterocycles. The topological polar surface area (TPSA) is 214 Å². The van der Waals surface area contributed by atoms with Gasteiger partial charge in [0.15, 0.2) is 5.78 Å². The van der Waals surface area contributed by atoms with Crippen molar-refractivity contribution in [3.63, 3.8) is 0 Å². The zero-order chi connectivity index (χ0) is 55.2. The summed E-state index contributed by atoms with van der Waals surface area (Å²) in [5.41, 5.74) is 1.27. The number of piperidine rings is 1. The first-order valence-corrected chi connectivity index (χ1v) is 28.1.